The van der Waals surface area contributed by atoms with Crippen LogP contribution in [-0.2, 0) is 16.0 Å². The minimum atomic E-state index is -0.404. The second kappa shape index (κ2) is 7.71. The van der Waals surface area contributed by atoms with Gasteiger partial charge in [0.1, 0.15) is 19.0 Å². The molecule has 0 saturated carbocycles. The lowest BCUT2D eigenvalue weighted by Gasteiger charge is -2.29. The number of benzene rings is 2. The number of hydrogen-bond donors (Lipinski definition) is 1. The monoisotopic (exact) mass is 368 g/mol. The molecule has 2 aromatic rings. The molecule has 2 aromatic carbocycles. The molecule has 1 N–H and O–H groups in total. The van der Waals surface area contributed by atoms with Crippen molar-refractivity contribution < 1.29 is 24.1 Å². The number of carbonyl (C=O) groups excluding carboxylic acids is 1. The van der Waals surface area contributed by atoms with Gasteiger partial charge in [-0.3, -0.25) is 4.79 Å². The summed E-state index contributed by atoms with van der Waals surface area (Å²) in [5.41, 5.74) is 4.51. The van der Waals surface area contributed by atoms with Crippen molar-refractivity contribution in [2.45, 2.75) is 38.4 Å². The Morgan fingerprint density at radius 2 is 1.85 bits per heavy atom. The normalized spacial score (nSPS) is 21.9. The van der Waals surface area contributed by atoms with Crippen molar-refractivity contribution in [1.29, 1.82) is 0 Å². The number of aliphatic hydroxyl groups excluding tert-OH is 1. The van der Waals surface area contributed by atoms with E-state index in [1.165, 1.54) is 11.1 Å². The van der Waals surface area contributed by atoms with Crippen LogP contribution in [0.4, 0.5) is 0 Å². The Morgan fingerprint density at radius 1 is 1.04 bits per heavy atom. The van der Waals surface area contributed by atoms with E-state index in [0.717, 1.165) is 29.0 Å². The molecule has 2 aliphatic rings. The van der Waals surface area contributed by atoms with Gasteiger partial charge in [-0.15, -0.1) is 0 Å². The van der Waals surface area contributed by atoms with Gasteiger partial charge in [0, 0.05) is 12.8 Å². The molecule has 27 heavy (non-hydrogen) atoms. The van der Waals surface area contributed by atoms with E-state index in [9.17, 15) is 9.90 Å². The number of aliphatic hydroxyl groups is 1. The Hall–Kier alpha value is -2.37. The van der Waals surface area contributed by atoms with Gasteiger partial charge in [0.25, 0.3) is 0 Å². The molecule has 0 aromatic heterocycles. The largest absolute Gasteiger partial charge is 0.486 e. The minimum Gasteiger partial charge on any atom is -0.486 e. The van der Waals surface area contributed by atoms with Gasteiger partial charge in [-0.25, -0.2) is 0 Å². The molecule has 5 nitrogen and oxygen atoms in total. The van der Waals surface area contributed by atoms with Gasteiger partial charge < -0.3 is 19.3 Å². The Morgan fingerprint density at radius 3 is 2.67 bits per heavy atom. The number of Topliss-reactive ketones (excluding diaryl/α,β-unsaturated/α-hetero) is 1. The molecule has 1 fully saturated rings. The van der Waals surface area contributed by atoms with Crippen LogP contribution in [0.2, 0.25) is 0 Å². The van der Waals surface area contributed by atoms with Gasteiger partial charge in [-0.1, -0.05) is 24.3 Å². The summed E-state index contributed by atoms with van der Waals surface area (Å²) >= 11 is 0. The quantitative estimate of drug-likeness (QED) is 0.898. The van der Waals surface area contributed by atoms with Crippen molar-refractivity contribution in [3.63, 3.8) is 0 Å². The average molecular weight is 368 g/mol. The summed E-state index contributed by atoms with van der Waals surface area (Å²) in [6.07, 6.45) is 0.730. The number of ketones is 1. The van der Waals surface area contributed by atoms with E-state index in [0.29, 0.717) is 26.1 Å². The van der Waals surface area contributed by atoms with Crippen molar-refractivity contribution in [3.8, 4) is 11.5 Å². The lowest BCUT2D eigenvalue weighted by Crippen LogP contribution is -2.31. The zero-order valence-corrected chi connectivity index (χ0v) is 15.4. The van der Waals surface area contributed by atoms with E-state index in [2.05, 4.69) is 25.1 Å². The van der Waals surface area contributed by atoms with Crippen LogP contribution in [0, 0.1) is 6.92 Å². The van der Waals surface area contributed by atoms with Crippen molar-refractivity contribution in [2.24, 2.45) is 0 Å². The van der Waals surface area contributed by atoms with Gasteiger partial charge >= 0.3 is 0 Å². The second-order valence-electron chi connectivity index (χ2n) is 7.22. The topological polar surface area (TPSA) is 65.0 Å². The third-order valence-corrected chi connectivity index (χ3v) is 5.17. The molecule has 142 valence electrons. The van der Waals surface area contributed by atoms with E-state index in [-0.39, 0.29) is 18.5 Å². The van der Waals surface area contributed by atoms with Gasteiger partial charge in [0.05, 0.1) is 18.8 Å². The molecule has 0 bridgehead atoms. The van der Waals surface area contributed by atoms with Crippen molar-refractivity contribution in [1.82, 2.24) is 0 Å². The highest BCUT2D eigenvalue weighted by molar-refractivity contribution is 5.80. The first-order valence-electron chi connectivity index (χ1n) is 9.38. The Bertz CT molecular complexity index is 845. The molecule has 0 spiro atoms. The predicted octanol–water partition coefficient (Wildman–Crippen LogP) is 3.14. The maximum atomic E-state index is 12.0. The highest BCUT2D eigenvalue weighted by Crippen LogP contribution is 2.33. The lowest BCUT2D eigenvalue weighted by molar-refractivity contribution is -0.139. The van der Waals surface area contributed by atoms with E-state index >= 15 is 0 Å². The third-order valence-electron chi connectivity index (χ3n) is 5.17. The summed E-state index contributed by atoms with van der Waals surface area (Å²) in [6, 6.07) is 12.2. The molecule has 0 unspecified atom stereocenters. The number of rotatable bonds is 4. The summed E-state index contributed by atoms with van der Waals surface area (Å²) in [4.78, 5) is 12.0. The minimum absolute atomic E-state index is 0.127. The smallest absolute Gasteiger partial charge is 0.161 e. The SMILES string of the molecule is Cc1ccc([C@H]2CC(=O)C[C@@H](CO)O2)cc1Cc1ccc2c(c1)OCCO2. The highest BCUT2D eigenvalue weighted by Gasteiger charge is 2.28. The van der Waals surface area contributed by atoms with Crippen LogP contribution in [-0.4, -0.2) is 36.8 Å². The van der Waals surface area contributed by atoms with Crippen LogP contribution in [0.15, 0.2) is 36.4 Å². The maximum Gasteiger partial charge on any atom is 0.161 e. The van der Waals surface area contributed by atoms with Crippen LogP contribution in [0.1, 0.15) is 41.2 Å². The molecule has 0 aliphatic carbocycles. The zero-order chi connectivity index (χ0) is 18.8. The molecule has 1 saturated heterocycles. The van der Waals surface area contributed by atoms with E-state index < -0.39 is 6.10 Å². The third kappa shape index (κ3) is 3.99. The molecule has 2 heterocycles. The Labute approximate surface area is 158 Å². The fraction of sp³-hybridized carbons (Fsp3) is 0.409. The Kier molecular flexibility index (Phi) is 5.14. The van der Waals surface area contributed by atoms with Gasteiger partial charge in [-0.05, 0) is 47.7 Å². The maximum absolute atomic E-state index is 12.0. The lowest BCUT2D eigenvalue weighted by atomic mass is 9.92. The van der Waals surface area contributed by atoms with Crippen molar-refractivity contribution >= 4 is 5.78 Å². The van der Waals surface area contributed by atoms with Gasteiger partial charge in [0.2, 0.25) is 0 Å². The molecule has 2 aliphatic heterocycles. The molecule has 4 rings (SSSR count). The average Bonchev–Trinajstić information content (AvgIpc) is 2.69. The summed E-state index contributed by atoms with van der Waals surface area (Å²) in [5, 5.41) is 9.36. The van der Waals surface area contributed by atoms with Crippen molar-refractivity contribution in [2.75, 3.05) is 19.8 Å². The van der Waals surface area contributed by atoms with Gasteiger partial charge in [-0.2, -0.15) is 0 Å². The van der Waals surface area contributed by atoms with E-state index in [1.807, 2.05) is 18.2 Å². The fourth-order valence-electron chi connectivity index (χ4n) is 3.68. The summed E-state index contributed by atoms with van der Waals surface area (Å²) in [5.74, 6) is 1.72. The highest BCUT2D eigenvalue weighted by atomic mass is 16.6. The van der Waals surface area contributed by atoms with Crippen LogP contribution < -0.4 is 9.47 Å². The molecule has 2 atom stereocenters. The number of ether oxygens (including phenoxy) is 3. The summed E-state index contributed by atoms with van der Waals surface area (Å²) in [6.45, 7) is 3.12. The van der Waals surface area contributed by atoms with Crippen LogP contribution in [0.3, 0.4) is 0 Å². The fourth-order valence-corrected chi connectivity index (χ4v) is 3.68. The second-order valence-corrected chi connectivity index (χ2v) is 7.22. The molecule has 0 radical (unpaired) electrons. The molecular weight excluding hydrogens is 344 g/mol. The van der Waals surface area contributed by atoms with Crippen LogP contribution >= 0.6 is 0 Å². The van der Waals surface area contributed by atoms with Gasteiger partial charge in [0.15, 0.2) is 11.5 Å². The summed E-state index contributed by atoms with van der Waals surface area (Å²) < 4.78 is 17.2. The number of hydrogen-bond acceptors (Lipinski definition) is 5. The first-order valence-corrected chi connectivity index (χ1v) is 9.38. The van der Waals surface area contributed by atoms with E-state index in [1.54, 1.807) is 0 Å². The summed E-state index contributed by atoms with van der Waals surface area (Å²) in [7, 11) is 0. The number of aryl methyl sites for hydroxylation is 1. The molecule has 0 amide bonds. The Balaban J connectivity index is 1.56. The van der Waals surface area contributed by atoms with E-state index in [4.69, 9.17) is 14.2 Å². The molecule has 5 heteroatoms. The van der Waals surface area contributed by atoms with Crippen molar-refractivity contribution in [3.05, 3.63) is 58.7 Å². The molecular formula is C22H24O5. The standard InChI is InChI=1S/C22H24O5/c1-14-2-4-16(21-12-18(24)11-19(13-23)27-21)10-17(14)8-15-3-5-20-22(9-15)26-7-6-25-20/h2-5,9-10,19,21,23H,6-8,11-13H2,1H3/t19-,21+/m0/s1. The first kappa shape index (κ1) is 18.0. The van der Waals surface area contributed by atoms with Crippen LogP contribution in [0.5, 0.6) is 11.5 Å². The number of fused-ring (bicyclic) bond motifs is 1. The number of carbonyl (C=O) groups is 1. The first-order chi connectivity index (χ1) is 13.1. The zero-order valence-electron chi connectivity index (χ0n) is 15.4. The van der Waals surface area contributed by atoms with Crippen LogP contribution in [0.25, 0.3) is 0 Å². The predicted molar refractivity (Wildman–Crippen MR) is 100 cm³/mol.